The Bertz CT molecular complexity index is 1410. The fourth-order valence-electron chi connectivity index (χ4n) is 3.92. The van der Waals surface area contributed by atoms with Crippen molar-refractivity contribution in [3.63, 3.8) is 0 Å². The lowest BCUT2D eigenvalue weighted by molar-refractivity contribution is -0.121. The second-order valence-corrected chi connectivity index (χ2v) is 7.69. The standard InChI is InChI=1S/C25H26N4O5/c1-28-13-19(16-7-5-9-18(11-16)32-2)22-23(28)25(31)29(15-27-22)14-21(30)26-12-17-8-6-10-20(33-3)24(17)34-4/h5-11,13,15H,12,14H2,1-4H3,(H,26,30). The van der Waals surface area contributed by atoms with Crippen LogP contribution in [0.4, 0.5) is 0 Å². The highest BCUT2D eigenvalue weighted by molar-refractivity contribution is 5.92. The Morgan fingerprint density at radius 3 is 2.59 bits per heavy atom. The second kappa shape index (κ2) is 9.70. The Morgan fingerprint density at radius 1 is 1.06 bits per heavy atom. The molecule has 176 valence electrons. The number of rotatable bonds is 8. The van der Waals surface area contributed by atoms with Gasteiger partial charge in [0.1, 0.15) is 23.3 Å². The molecule has 0 spiro atoms. The van der Waals surface area contributed by atoms with Crippen LogP contribution in [-0.2, 0) is 24.9 Å². The Labute approximate surface area is 196 Å². The van der Waals surface area contributed by atoms with Gasteiger partial charge in [-0.1, -0.05) is 24.3 Å². The quantitative estimate of drug-likeness (QED) is 0.433. The van der Waals surface area contributed by atoms with Gasteiger partial charge in [-0.2, -0.15) is 0 Å². The summed E-state index contributed by atoms with van der Waals surface area (Å²) in [4.78, 5) is 30.3. The van der Waals surface area contributed by atoms with E-state index in [9.17, 15) is 9.59 Å². The van der Waals surface area contributed by atoms with Crippen molar-refractivity contribution in [3.8, 4) is 28.4 Å². The minimum Gasteiger partial charge on any atom is -0.497 e. The van der Waals surface area contributed by atoms with Gasteiger partial charge in [0.15, 0.2) is 11.5 Å². The monoisotopic (exact) mass is 462 g/mol. The summed E-state index contributed by atoms with van der Waals surface area (Å²) in [5.41, 5.74) is 3.16. The Balaban J connectivity index is 1.57. The number of carbonyl (C=O) groups is 1. The summed E-state index contributed by atoms with van der Waals surface area (Å²) >= 11 is 0. The first-order chi connectivity index (χ1) is 16.5. The normalized spacial score (nSPS) is 10.8. The van der Waals surface area contributed by atoms with E-state index in [4.69, 9.17) is 14.2 Å². The topological polar surface area (TPSA) is 96.6 Å². The van der Waals surface area contributed by atoms with Gasteiger partial charge in [-0.3, -0.25) is 14.2 Å². The summed E-state index contributed by atoms with van der Waals surface area (Å²) < 4.78 is 19.0. The summed E-state index contributed by atoms with van der Waals surface area (Å²) in [5.74, 6) is 1.53. The molecule has 0 saturated carbocycles. The predicted octanol–water partition coefficient (Wildman–Crippen LogP) is 2.74. The molecule has 9 heteroatoms. The molecule has 4 rings (SSSR count). The average molecular weight is 463 g/mol. The summed E-state index contributed by atoms with van der Waals surface area (Å²) in [6.45, 7) is 0.0709. The number of aromatic nitrogens is 3. The fourth-order valence-corrected chi connectivity index (χ4v) is 3.92. The minimum absolute atomic E-state index is 0.159. The first-order valence-electron chi connectivity index (χ1n) is 10.6. The first kappa shape index (κ1) is 22.9. The molecule has 2 aromatic carbocycles. The van der Waals surface area contributed by atoms with Crippen molar-refractivity contribution in [2.45, 2.75) is 13.1 Å². The maximum absolute atomic E-state index is 13.2. The van der Waals surface area contributed by atoms with E-state index in [1.807, 2.05) is 42.6 Å². The number of carbonyl (C=O) groups excluding carboxylic acids is 1. The first-order valence-corrected chi connectivity index (χ1v) is 10.6. The molecule has 0 aliphatic carbocycles. The smallest absolute Gasteiger partial charge is 0.278 e. The number of para-hydroxylation sites is 1. The number of nitrogens with one attached hydrogen (secondary N) is 1. The summed E-state index contributed by atoms with van der Waals surface area (Å²) in [6, 6.07) is 13.0. The Kier molecular flexibility index (Phi) is 6.53. The molecule has 0 atom stereocenters. The van der Waals surface area contributed by atoms with Gasteiger partial charge in [0.05, 0.1) is 27.7 Å². The van der Waals surface area contributed by atoms with E-state index >= 15 is 0 Å². The molecule has 34 heavy (non-hydrogen) atoms. The number of amides is 1. The van der Waals surface area contributed by atoms with E-state index in [0.717, 1.165) is 16.7 Å². The molecule has 2 heterocycles. The van der Waals surface area contributed by atoms with Gasteiger partial charge < -0.3 is 24.1 Å². The zero-order valence-electron chi connectivity index (χ0n) is 19.5. The van der Waals surface area contributed by atoms with E-state index in [1.165, 1.54) is 10.9 Å². The average Bonchev–Trinajstić information content (AvgIpc) is 3.21. The zero-order valence-corrected chi connectivity index (χ0v) is 19.5. The molecule has 0 aliphatic heterocycles. The van der Waals surface area contributed by atoms with Gasteiger partial charge in [-0.05, 0) is 23.8 Å². The summed E-state index contributed by atoms with van der Waals surface area (Å²) in [7, 11) is 6.49. The maximum atomic E-state index is 13.2. The number of methoxy groups -OCH3 is 3. The number of hydrogen-bond acceptors (Lipinski definition) is 6. The highest BCUT2D eigenvalue weighted by Gasteiger charge is 2.17. The van der Waals surface area contributed by atoms with Crippen molar-refractivity contribution < 1.29 is 19.0 Å². The fraction of sp³-hybridized carbons (Fsp3) is 0.240. The van der Waals surface area contributed by atoms with E-state index in [1.54, 1.807) is 39.0 Å². The third-order valence-electron chi connectivity index (χ3n) is 5.60. The zero-order chi connectivity index (χ0) is 24.2. The number of ether oxygens (including phenoxy) is 3. The third kappa shape index (κ3) is 4.32. The van der Waals surface area contributed by atoms with Crippen LogP contribution in [0.3, 0.4) is 0 Å². The molecule has 4 aromatic rings. The van der Waals surface area contributed by atoms with Crippen LogP contribution >= 0.6 is 0 Å². The highest BCUT2D eigenvalue weighted by Crippen LogP contribution is 2.31. The van der Waals surface area contributed by atoms with Gasteiger partial charge in [0.25, 0.3) is 5.56 Å². The molecule has 0 fully saturated rings. The van der Waals surface area contributed by atoms with Crippen molar-refractivity contribution in [1.29, 1.82) is 0 Å². The van der Waals surface area contributed by atoms with E-state index in [2.05, 4.69) is 10.3 Å². The van der Waals surface area contributed by atoms with Crippen molar-refractivity contribution in [2.75, 3.05) is 21.3 Å². The van der Waals surface area contributed by atoms with Crippen molar-refractivity contribution >= 4 is 16.9 Å². The van der Waals surface area contributed by atoms with E-state index in [-0.39, 0.29) is 24.6 Å². The lowest BCUT2D eigenvalue weighted by Crippen LogP contribution is -2.32. The molecule has 0 radical (unpaired) electrons. The van der Waals surface area contributed by atoms with Gasteiger partial charge in [0.2, 0.25) is 5.91 Å². The van der Waals surface area contributed by atoms with Crippen LogP contribution in [0.25, 0.3) is 22.2 Å². The predicted molar refractivity (Wildman–Crippen MR) is 128 cm³/mol. The number of hydrogen-bond donors (Lipinski definition) is 1. The molecule has 1 amide bonds. The number of nitrogens with zero attached hydrogens (tertiary/aromatic N) is 3. The molecular weight excluding hydrogens is 436 g/mol. The number of aryl methyl sites for hydroxylation is 1. The van der Waals surface area contributed by atoms with Gasteiger partial charge in [-0.25, -0.2) is 4.98 Å². The third-order valence-corrected chi connectivity index (χ3v) is 5.60. The molecule has 1 N–H and O–H groups in total. The SMILES string of the molecule is COc1cccc(-c2cn(C)c3c(=O)n(CC(=O)NCc4cccc(OC)c4OC)cnc23)c1. The van der Waals surface area contributed by atoms with Crippen LogP contribution < -0.4 is 25.1 Å². The van der Waals surface area contributed by atoms with E-state index in [0.29, 0.717) is 28.3 Å². The van der Waals surface area contributed by atoms with Crippen molar-refractivity contribution in [1.82, 2.24) is 19.4 Å². The van der Waals surface area contributed by atoms with Crippen LogP contribution in [0.1, 0.15) is 5.56 Å². The van der Waals surface area contributed by atoms with Crippen LogP contribution in [0, 0.1) is 0 Å². The molecule has 0 unspecified atom stereocenters. The van der Waals surface area contributed by atoms with Crippen LogP contribution in [0.5, 0.6) is 17.2 Å². The molecular formula is C25H26N4O5. The molecule has 2 aromatic heterocycles. The number of benzene rings is 2. The highest BCUT2D eigenvalue weighted by atomic mass is 16.5. The van der Waals surface area contributed by atoms with Crippen LogP contribution in [0.2, 0.25) is 0 Å². The maximum Gasteiger partial charge on any atom is 0.278 e. The largest absolute Gasteiger partial charge is 0.497 e. The minimum atomic E-state index is -0.324. The Morgan fingerprint density at radius 2 is 1.85 bits per heavy atom. The second-order valence-electron chi connectivity index (χ2n) is 7.69. The lowest BCUT2D eigenvalue weighted by Gasteiger charge is -2.13. The molecule has 9 nitrogen and oxygen atoms in total. The van der Waals surface area contributed by atoms with Gasteiger partial charge in [-0.15, -0.1) is 0 Å². The van der Waals surface area contributed by atoms with E-state index < -0.39 is 0 Å². The summed E-state index contributed by atoms with van der Waals surface area (Å²) in [5, 5.41) is 2.82. The van der Waals surface area contributed by atoms with Gasteiger partial charge >= 0.3 is 0 Å². The van der Waals surface area contributed by atoms with Crippen molar-refractivity contribution in [3.05, 3.63) is 70.9 Å². The van der Waals surface area contributed by atoms with Gasteiger partial charge in [0, 0.05) is 30.9 Å². The number of fused-ring (bicyclic) bond motifs is 1. The van der Waals surface area contributed by atoms with Crippen LogP contribution in [0.15, 0.2) is 59.8 Å². The van der Waals surface area contributed by atoms with Crippen molar-refractivity contribution in [2.24, 2.45) is 7.05 Å². The summed E-state index contributed by atoms with van der Waals surface area (Å²) in [6.07, 6.45) is 3.26. The lowest BCUT2D eigenvalue weighted by atomic mass is 10.1. The molecule has 0 aliphatic rings. The van der Waals surface area contributed by atoms with Crippen LogP contribution in [-0.4, -0.2) is 41.4 Å². The molecule has 0 saturated heterocycles. The Hall–Kier alpha value is -4.27. The molecule has 0 bridgehead atoms.